The van der Waals surface area contributed by atoms with Crippen LogP contribution in [0.25, 0.3) is 0 Å². The molecule has 0 spiro atoms. The van der Waals surface area contributed by atoms with E-state index in [0.29, 0.717) is 5.56 Å². The van der Waals surface area contributed by atoms with Crippen molar-refractivity contribution in [3.63, 3.8) is 0 Å². The number of hydrogen-bond acceptors (Lipinski definition) is 4. The minimum Gasteiger partial charge on any atom is -0.508 e. The van der Waals surface area contributed by atoms with Gasteiger partial charge in [-0.05, 0) is 35.4 Å². The zero-order chi connectivity index (χ0) is 15.6. The third-order valence-corrected chi connectivity index (χ3v) is 4.07. The third kappa shape index (κ3) is 3.83. The number of aromatic hydroxyl groups is 2. The summed E-state index contributed by atoms with van der Waals surface area (Å²) in [5.74, 6) is -0.192. The smallest absolute Gasteiger partial charge is 0.356 e. The summed E-state index contributed by atoms with van der Waals surface area (Å²) < 4.78 is 11.4. The van der Waals surface area contributed by atoms with E-state index in [0.717, 1.165) is 6.07 Å². The number of hydrogen-bond donors (Lipinski definition) is 5. The lowest BCUT2D eigenvalue weighted by atomic mass is 10.0. The highest BCUT2D eigenvalue weighted by atomic mass is 31.2. The van der Waals surface area contributed by atoms with Crippen molar-refractivity contribution in [2.45, 2.75) is 12.5 Å². The highest BCUT2D eigenvalue weighted by Crippen LogP contribution is 2.38. The van der Waals surface area contributed by atoms with Gasteiger partial charge in [-0.2, -0.15) is 0 Å². The minimum absolute atomic E-state index is 0.0641. The van der Waals surface area contributed by atoms with Crippen molar-refractivity contribution in [3.8, 4) is 11.5 Å². The second kappa shape index (κ2) is 5.87. The van der Waals surface area contributed by atoms with Crippen molar-refractivity contribution < 1.29 is 29.7 Å². The summed E-state index contributed by atoms with van der Waals surface area (Å²) in [7, 11) is -4.61. The number of phenolic OH excluding ortho intramolecular Hbond substituents is 2. The monoisotopic (exact) mass is 310 g/mol. The second-order valence-corrected chi connectivity index (χ2v) is 6.24. The van der Waals surface area contributed by atoms with Gasteiger partial charge in [0.15, 0.2) is 0 Å². The van der Waals surface area contributed by atoms with Crippen molar-refractivity contribution in [2.75, 3.05) is 0 Å². The van der Waals surface area contributed by atoms with E-state index in [1.807, 2.05) is 0 Å². The van der Waals surface area contributed by atoms with Gasteiger partial charge in [-0.1, -0.05) is 18.2 Å². The van der Waals surface area contributed by atoms with E-state index in [1.54, 1.807) is 12.1 Å². The Morgan fingerprint density at radius 1 is 0.952 bits per heavy atom. The summed E-state index contributed by atoms with van der Waals surface area (Å²) in [4.78, 5) is 18.6. The maximum Gasteiger partial charge on any atom is 0.356 e. The zero-order valence-electron chi connectivity index (χ0n) is 10.9. The van der Waals surface area contributed by atoms with E-state index in [-0.39, 0.29) is 23.5 Å². The normalized spacial score (nSPS) is 13.1. The Labute approximate surface area is 121 Å². The van der Waals surface area contributed by atoms with Gasteiger partial charge in [-0.3, -0.25) is 4.57 Å². The molecule has 2 aromatic rings. The average molecular weight is 310 g/mol. The predicted octanol–water partition coefficient (Wildman–Crippen LogP) is 1.18. The first-order valence-electron chi connectivity index (χ1n) is 6.12. The molecule has 0 aliphatic heterocycles. The van der Waals surface area contributed by atoms with Crippen molar-refractivity contribution in [1.82, 2.24) is 0 Å². The van der Waals surface area contributed by atoms with Crippen LogP contribution in [-0.4, -0.2) is 25.1 Å². The minimum atomic E-state index is -4.61. The van der Waals surface area contributed by atoms with Crippen LogP contribution in [0.5, 0.6) is 11.5 Å². The number of aliphatic hydroxyl groups is 1. The number of aliphatic hydroxyl groups excluding tert-OH is 1. The van der Waals surface area contributed by atoms with Gasteiger partial charge in [0.2, 0.25) is 0 Å². The van der Waals surface area contributed by atoms with Gasteiger partial charge >= 0.3 is 7.60 Å². The molecule has 0 aliphatic carbocycles. The first kappa shape index (κ1) is 15.5. The lowest BCUT2D eigenvalue weighted by Crippen LogP contribution is -2.16. The predicted molar refractivity (Wildman–Crippen MR) is 76.6 cm³/mol. The van der Waals surface area contributed by atoms with Crippen LogP contribution < -0.4 is 5.30 Å². The quantitative estimate of drug-likeness (QED) is 0.541. The molecular formula is C14H15O6P. The number of phenols is 2. The molecule has 0 amide bonds. The van der Waals surface area contributed by atoms with Crippen LogP contribution in [0.15, 0.2) is 42.5 Å². The molecule has 112 valence electrons. The van der Waals surface area contributed by atoms with E-state index >= 15 is 0 Å². The highest BCUT2D eigenvalue weighted by molar-refractivity contribution is 7.60. The van der Waals surface area contributed by atoms with E-state index in [9.17, 15) is 29.7 Å². The van der Waals surface area contributed by atoms with Crippen molar-refractivity contribution in [3.05, 3.63) is 53.6 Å². The van der Waals surface area contributed by atoms with Gasteiger partial charge in [-0.15, -0.1) is 0 Å². The summed E-state index contributed by atoms with van der Waals surface area (Å²) in [6, 6.07) is 9.64. The van der Waals surface area contributed by atoms with Crippen LogP contribution in [0.4, 0.5) is 0 Å². The molecule has 21 heavy (non-hydrogen) atoms. The maximum absolute atomic E-state index is 11.4. The van der Waals surface area contributed by atoms with Crippen LogP contribution >= 0.6 is 7.60 Å². The molecule has 5 N–H and O–H groups in total. The second-order valence-electron chi connectivity index (χ2n) is 4.67. The van der Waals surface area contributed by atoms with Gasteiger partial charge in [0.05, 0.1) is 11.4 Å². The van der Waals surface area contributed by atoms with Gasteiger partial charge in [-0.25, -0.2) is 0 Å². The molecule has 0 aromatic heterocycles. The summed E-state index contributed by atoms with van der Waals surface area (Å²) in [6.07, 6.45) is -1.02. The molecule has 0 fully saturated rings. The largest absolute Gasteiger partial charge is 0.508 e. The molecule has 0 radical (unpaired) electrons. The van der Waals surface area contributed by atoms with Crippen LogP contribution in [0.2, 0.25) is 0 Å². The summed E-state index contributed by atoms with van der Waals surface area (Å²) in [6.45, 7) is 0. The van der Waals surface area contributed by atoms with Crippen LogP contribution in [0.3, 0.4) is 0 Å². The third-order valence-electron chi connectivity index (χ3n) is 3.05. The zero-order valence-corrected chi connectivity index (χ0v) is 11.8. The molecule has 2 aromatic carbocycles. The maximum atomic E-state index is 11.4. The fourth-order valence-corrected chi connectivity index (χ4v) is 2.89. The summed E-state index contributed by atoms with van der Waals surface area (Å²) in [5, 5.41) is 28.3. The molecule has 1 unspecified atom stereocenters. The highest BCUT2D eigenvalue weighted by Gasteiger charge is 2.25. The first-order chi connectivity index (χ1) is 9.77. The number of benzene rings is 2. The Balaban J connectivity index is 2.33. The molecule has 0 saturated carbocycles. The topological polar surface area (TPSA) is 118 Å². The molecule has 0 heterocycles. The van der Waals surface area contributed by atoms with Crippen LogP contribution in [0.1, 0.15) is 17.2 Å². The molecular weight excluding hydrogens is 295 g/mol. The molecule has 6 nitrogen and oxygen atoms in total. The van der Waals surface area contributed by atoms with Crippen molar-refractivity contribution in [2.24, 2.45) is 0 Å². The molecule has 7 heteroatoms. The fourth-order valence-electron chi connectivity index (χ4n) is 2.03. The molecule has 0 saturated heterocycles. The first-order valence-corrected chi connectivity index (χ1v) is 7.73. The average Bonchev–Trinajstić information content (AvgIpc) is 2.40. The summed E-state index contributed by atoms with van der Waals surface area (Å²) >= 11 is 0. The Kier molecular flexibility index (Phi) is 4.34. The van der Waals surface area contributed by atoms with Crippen LogP contribution in [-0.2, 0) is 11.0 Å². The van der Waals surface area contributed by atoms with E-state index in [4.69, 9.17) is 0 Å². The van der Waals surface area contributed by atoms with Gasteiger partial charge in [0.1, 0.15) is 11.5 Å². The Hall–Kier alpha value is -1.85. The fraction of sp³-hybridized carbons (Fsp3) is 0.143. The van der Waals surface area contributed by atoms with Crippen molar-refractivity contribution >= 4 is 12.9 Å². The van der Waals surface area contributed by atoms with Gasteiger partial charge < -0.3 is 25.1 Å². The summed E-state index contributed by atoms with van der Waals surface area (Å²) in [5.41, 5.74) is 0.763. The standard InChI is InChI=1S/C14H15O6P/c15-10-3-1-9(2-4-10)7-13(17)12-6-5-11(16)8-14(12)21(18,19)20/h1-6,8,13,15-17H,7H2,(H2,18,19,20). The Morgan fingerprint density at radius 2 is 1.52 bits per heavy atom. The molecule has 1 atom stereocenters. The lowest BCUT2D eigenvalue weighted by molar-refractivity contribution is 0.179. The molecule has 2 rings (SSSR count). The SMILES string of the molecule is O=P(O)(O)c1cc(O)ccc1C(O)Cc1ccc(O)cc1. The molecule has 0 aliphatic rings. The Morgan fingerprint density at radius 3 is 2.10 bits per heavy atom. The van der Waals surface area contributed by atoms with E-state index in [1.165, 1.54) is 24.3 Å². The lowest BCUT2D eigenvalue weighted by Gasteiger charge is -2.17. The van der Waals surface area contributed by atoms with E-state index in [2.05, 4.69) is 0 Å². The van der Waals surface area contributed by atoms with Gasteiger partial charge in [0.25, 0.3) is 0 Å². The van der Waals surface area contributed by atoms with Crippen molar-refractivity contribution in [1.29, 1.82) is 0 Å². The van der Waals surface area contributed by atoms with Crippen LogP contribution in [0, 0.1) is 0 Å². The van der Waals surface area contributed by atoms with E-state index < -0.39 is 19.0 Å². The Bertz CT molecular complexity index is 676. The molecule has 0 bridgehead atoms. The number of rotatable bonds is 4. The van der Waals surface area contributed by atoms with Gasteiger partial charge in [0, 0.05) is 6.42 Å².